The van der Waals surface area contributed by atoms with Crippen molar-refractivity contribution >= 4 is 5.97 Å². The molecule has 0 amide bonds. The zero-order chi connectivity index (χ0) is 26.4. The summed E-state index contributed by atoms with van der Waals surface area (Å²) in [6, 6.07) is 23.0. The summed E-state index contributed by atoms with van der Waals surface area (Å²) < 4.78 is 11.8. The molecule has 1 fully saturated rings. The minimum Gasteiger partial charge on any atom is -0.497 e. The lowest BCUT2D eigenvalue weighted by molar-refractivity contribution is -0.137. The van der Waals surface area contributed by atoms with Crippen LogP contribution < -0.4 is 9.47 Å². The summed E-state index contributed by atoms with van der Waals surface area (Å²) in [5, 5.41) is 9.34. The van der Waals surface area contributed by atoms with Crippen LogP contribution in [-0.2, 0) is 11.4 Å². The summed E-state index contributed by atoms with van der Waals surface area (Å²) in [7, 11) is 1.71. The predicted molar refractivity (Wildman–Crippen MR) is 149 cm³/mol. The first kappa shape index (κ1) is 26.8. The lowest BCUT2D eigenvalue weighted by Crippen LogP contribution is -2.16. The van der Waals surface area contributed by atoms with Crippen LogP contribution in [0.2, 0.25) is 0 Å². The molecule has 4 rings (SSSR count). The van der Waals surface area contributed by atoms with Gasteiger partial charge in [-0.15, -0.1) is 0 Å². The second kappa shape index (κ2) is 11.9. The van der Waals surface area contributed by atoms with Crippen molar-refractivity contribution in [3.8, 4) is 22.6 Å². The maximum Gasteiger partial charge on any atom is 0.303 e. The van der Waals surface area contributed by atoms with E-state index in [0.717, 1.165) is 35.5 Å². The second-order valence-electron chi connectivity index (χ2n) is 11.0. The van der Waals surface area contributed by atoms with Gasteiger partial charge in [-0.05, 0) is 88.6 Å². The van der Waals surface area contributed by atoms with E-state index >= 15 is 0 Å². The normalized spacial score (nSPS) is 17.4. The van der Waals surface area contributed by atoms with Crippen LogP contribution in [-0.4, -0.2) is 18.2 Å². The standard InChI is InChI=1S/C33H40O4/c1-5-9-24(21-32(34)35)25-10-6-13-28(19-25)37-22-23-15-16-29(26-11-7-12-27(20-26)36-4)30(18-23)31-14-8-17-33(31,2)3/h6-7,10-13,15-16,18-20,24,31H,5,8-9,14,17,21-22H2,1-4H3,(H,34,35)/t24-,31+/m0/s1. The summed E-state index contributed by atoms with van der Waals surface area (Å²) in [5.41, 5.74) is 6.25. The average Bonchev–Trinajstić information content (AvgIpc) is 3.25. The van der Waals surface area contributed by atoms with Gasteiger partial charge in [-0.2, -0.15) is 0 Å². The van der Waals surface area contributed by atoms with Gasteiger partial charge in [0.1, 0.15) is 18.1 Å². The third kappa shape index (κ3) is 6.54. The lowest BCUT2D eigenvalue weighted by atomic mass is 9.75. The van der Waals surface area contributed by atoms with Gasteiger partial charge in [-0.1, -0.05) is 76.1 Å². The summed E-state index contributed by atoms with van der Waals surface area (Å²) >= 11 is 0. The van der Waals surface area contributed by atoms with Crippen molar-refractivity contribution in [2.24, 2.45) is 5.41 Å². The predicted octanol–water partition coefficient (Wildman–Crippen LogP) is 8.59. The Labute approximate surface area is 221 Å². The van der Waals surface area contributed by atoms with E-state index in [4.69, 9.17) is 9.47 Å². The molecule has 4 heteroatoms. The Bertz CT molecular complexity index is 1210. The molecule has 4 nitrogen and oxygen atoms in total. The number of methoxy groups -OCH3 is 1. The van der Waals surface area contributed by atoms with E-state index in [1.807, 2.05) is 30.3 Å². The van der Waals surface area contributed by atoms with Crippen LogP contribution in [0.15, 0.2) is 66.7 Å². The van der Waals surface area contributed by atoms with Gasteiger partial charge in [-0.3, -0.25) is 4.79 Å². The SMILES string of the molecule is CCC[C@@H](CC(=O)O)c1cccc(OCc2ccc(-c3cccc(OC)c3)c([C@H]3CCCC3(C)C)c2)c1. The molecule has 0 bridgehead atoms. The summed E-state index contributed by atoms with van der Waals surface area (Å²) in [6.45, 7) is 7.34. The molecule has 0 aliphatic heterocycles. The topological polar surface area (TPSA) is 55.8 Å². The Morgan fingerprint density at radius 2 is 1.84 bits per heavy atom. The number of benzene rings is 3. The maximum atomic E-state index is 11.4. The molecule has 0 spiro atoms. The summed E-state index contributed by atoms with van der Waals surface area (Å²) in [5.74, 6) is 1.38. The Morgan fingerprint density at radius 3 is 2.54 bits per heavy atom. The quantitative estimate of drug-likeness (QED) is 0.286. The summed E-state index contributed by atoms with van der Waals surface area (Å²) in [6.07, 6.45) is 5.61. The van der Waals surface area contributed by atoms with Gasteiger partial charge in [0.05, 0.1) is 13.5 Å². The largest absolute Gasteiger partial charge is 0.497 e. The number of hydrogen-bond acceptors (Lipinski definition) is 3. The first-order valence-corrected chi connectivity index (χ1v) is 13.5. The van der Waals surface area contributed by atoms with Gasteiger partial charge < -0.3 is 14.6 Å². The zero-order valence-corrected chi connectivity index (χ0v) is 22.6. The molecule has 3 aromatic rings. The van der Waals surface area contributed by atoms with Crippen molar-refractivity contribution < 1.29 is 19.4 Å². The number of rotatable bonds is 11. The van der Waals surface area contributed by atoms with Gasteiger partial charge in [0.15, 0.2) is 0 Å². The molecule has 2 atom stereocenters. The van der Waals surface area contributed by atoms with Crippen LogP contribution in [0, 0.1) is 5.41 Å². The van der Waals surface area contributed by atoms with Gasteiger partial charge in [0.2, 0.25) is 0 Å². The third-order valence-corrected chi connectivity index (χ3v) is 7.92. The number of aliphatic carboxylic acids is 1. The van der Waals surface area contributed by atoms with Crippen LogP contribution in [0.1, 0.15) is 87.8 Å². The molecule has 37 heavy (non-hydrogen) atoms. The van der Waals surface area contributed by atoms with Gasteiger partial charge in [0, 0.05) is 0 Å². The van der Waals surface area contributed by atoms with Crippen LogP contribution in [0.25, 0.3) is 11.1 Å². The van der Waals surface area contributed by atoms with Crippen molar-refractivity contribution in [2.45, 2.75) is 77.7 Å². The molecular formula is C33H40O4. The molecule has 1 aliphatic carbocycles. The van der Waals surface area contributed by atoms with Gasteiger partial charge in [0.25, 0.3) is 0 Å². The highest BCUT2D eigenvalue weighted by atomic mass is 16.5. The smallest absolute Gasteiger partial charge is 0.303 e. The number of carboxylic acid groups (broad SMARTS) is 1. The lowest BCUT2D eigenvalue weighted by Gasteiger charge is -2.30. The Kier molecular flexibility index (Phi) is 8.58. The summed E-state index contributed by atoms with van der Waals surface area (Å²) in [4.78, 5) is 11.4. The fourth-order valence-electron chi connectivity index (χ4n) is 5.92. The van der Waals surface area contributed by atoms with Crippen molar-refractivity contribution in [2.75, 3.05) is 7.11 Å². The van der Waals surface area contributed by atoms with Crippen molar-refractivity contribution in [3.05, 3.63) is 83.4 Å². The molecule has 3 aromatic carbocycles. The van der Waals surface area contributed by atoms with E-state index in [1.165, 1.54) is 36.0 Å². The van der Waals surface area contributed by atoms with Crippen LogP contribution >= 0.6 is 0 Å². The molecule has 1 aliphatic rings. The highest BCUT2D eigenvalue weighted by molar-refractivity contribution is 5.70. The fourth-order valence-corrected chi connectivity index (χ4v) is 5.92. The van der Waals surface area contributed by atoms with Gasteiger partial charge in [-0.25, -0.2) is 0 Å². The van der Waals surface area contributed by atoms with Crippen molar-refractivity contribution in [3.63, 3.8) is 0 Å². The Hall–Kier alpha value is -3.27. The zero-order valence-electron chi connectivity index (χ0n) is 22.6. The highest BCUT2D eigenvalue weighted by Gasteiger charge is 2.36. The number of hydrogen-bond donors (Lipinski definition) is 1. The molecular weight excluding hydrogens is 460 g/mol. The molecule has 0 unspecified atom stereocenters. The highest BCUT2D eigenvalue weighted by Crippen LogP contribution is 2.51. The second-order valence-corrected chi connectivity index (χ2v) is 11.0. The van der Waals surface area contributed by atoms with E-state index in [9.17, 15) is 9.90 Å². The molecule has 1 N–H and O–H groups in total. The van der Waals surface area contributed by atoms with Crippen LogP contribution in [0.3, 0.4) is 0 Å². The minimum atomic E-state index is -0.761. The number of carbonyl (C=O) groups is 1. The molecule has 0 radical (unpaired) electrons. The van der Waals surface area contributed by atoms with Gasteiger partial charge >= 0.3 is 5.97 Å². The van der Waals surface area contributed by atoms with Crippen LogP contribution in [0.5, 0.6) is 11.5 Å². The van der Waals surface area contributed by atoms with E-state index in [0.29, 0.717) is 12.5 Å². The fraction of sp³-hybridized carbons (Fsp3) is 0.424. The molecule has 1 saturated carbocycles. The van der Waals surface area contributed by atoms with Crippen LogP contribution in [0.4, 0.5) is 0 Å². The van der Waals surface area contributed by atoms with E-state index in [-0.39, 0.29) is 17.8 Å². The number of carboxylic acids is 1. The molecule has 0 heterocycles. The number of ether oxygens (including phenoxy) is 2. The van der Waals surface area contributed by atoms with Crippen molar-refractivity contribution in [1.29, 1.82) is 0 Å². The Balaban J connectivity index is 1.60. The maximum absolute atomic E-state index is 11.4. The first-order chi connectivity index (χ1) is 17.8. The Morgan fingerprint density at radius 1 is 1.05 bits per heavy atom. The molecule has 0 saturated heterocycles. The first-order valence-electron chi connectivity index (χ1n) is 13.5. The monoisotopic (exact) mass is 500 g/mol. The van der Waals surface area contributed by atoms with E-state index in [1.54, 1.807) is 7.11 Å². The van der Waals surface area contributed by atoms with E-state index < -0.39 is 5.97 Å². The van der Waals surface area contributed by atoms with E-state index in [2.05, 4.69) is 57.2 Å². The minimum absolute atomic E-state index is 0.00407. The van der Waals surface area contributed by atoms with Crippen molar-refractivity contribution in [1.82, 2.24) is 0 Å². The third-order valence-electron chi connectivity index (χ3n) is 7.92. The average molecular weight is 501 g/mol. The molecule has 196 valence electrons. The molecule has 0 aromatic heterocycles.